The van der Waals surface area contributed by atoms with Crippen molar-refractivity contribution in [2.45, 2.75) is 25.2 Å². The van der Waals surface area contributed by atoms with Crippen LogP contribution in [0.3, 0.4) is 0 Å². The van der Waals surface area contributed by atoms with Crippen LogP contribution in [0, 0.1) is 0 Å². The number of rotatable bonds is 3. The van der Waals surface area contributed by atoms with Crippen LogP contribution < -0.4 is 5.32 Å². The van der Waals surface area contributed by atoms with Crippen LogP contribution in [-0.2, 0) is 14.3 Å². The van der Waals surface area contributed by atoms with Gasteiger partial charge in [-0.2, -0.15) is 0 Å². The quantitative estimate of drug-likeness (QED) is 0.923. The minimum absolute atomic E-state index is 0.0902. The Morgan fingerprint density at radius 2 is 2.00 bits per heavy atom. The van der Waals surface area contributed by atoms with E-state index in [9.17, 15) is 4.79 Å². The van der Waals surface area contributed by atoms with Crippen molar-refractivity contribution in [3.05, 3.63) is 34.9 Å². The van der Waals surface area contributed by atoms with E-state index in [0.29, 0.717) is 26.2 Å². The molecule has 1 aromatic rings. The van der Waals surface area contributed by atoms with Gasteiger partial charge in [0, 0.05) is 30.7 Å². The lowest BCUT2D eigenvalue weighted by Gasteiger charge is -2.35. The lowest BCUT2D eigenvalue weighted by Crippen LogP contribution is -2.49. The molecule has 3 rings (SSSR count). The number of halogens is 1. The van der Waals surface area contributed by atoms with Crippen LogP contribution in [-0.4, -0.2) is 49.9 Å². The van der Waals surface area contributed by atoms with Gasteiger partial charge in [-0.15, -0.1) is 0 Å². The van der Waals surface area contributed by atoms with Gasteiger partial charge in [0.1, 0.15) is 0 Å². The summed E-state index contributed by atoms with van der Waals surface area (Å²) in [5.74, 6) is 0.0902. The fourth-order valence-electron chi connectivity index (χ4n) is 2.82. The van der Waals surface area contributed by atoms with Gasteiger partial charge in [0.25, 0.3) is 0 Å². The molecular weight excluding hydrogens is 304 g/mol. The van der Waals surface area contributed by atoms with Crippen LogP contribution in [0.4, 0.5) is 0 Å². The number of amides is 1. The molecule has 1 atom stereocenters. The third-order valence-corrected chi connectivity index (χ3v) is 4.29. The molecule has 5 nitrogen and oxygen atoms in total. The SMILES string of the molecule is O=C(CC1OCCCO1)N1CCNC(c2ccc(Cl)cc2)C1. The third-order valence-electron chi connectivity index (χ3n) is 4.04. The first-order chi connectivity index (χ1) is 10.7. The molecule has 2 saturated heterocycles. The second kappa shape index (κ2) is 7.42. The molecule has 0 aromatic heterocycles. The number of hydrogen-bond donors (Lipinski definition) is 1. The van der Waals surface area contributed by atoms with E-state index in [1.54, 1.807) is 0 Å². The molecular formula is C16H21ClN2O3. The Kier molecular flexibility index (Phi) is 5.31. The number of nitrogens with zero attached hydrogens (tertiary/aromatic N) is 1. The van der Waals surface area contributed by atoms with Gasteiger partial charge in [-0.25, -0.2) is 0 Å². The summed E-state index contributed by atoms with van der Waals surface area (Å²) in [6.45, 7) is 3.51. The van der Waals surface area contributed by atoms with Gasteiger partial charge in [0.2, 0.25) is 5.91 Å². The largest absolute Gasteiger partial charge is 0.352 e. The zero-order valence-corrected chi connectivity index (χ0v) is 13.2. The molecule has 1 amide bonds. The first-order valence-corrected chi connectivity index (χ1v) is 8.10. The van der Waals surface area contributed by atoms with E-state index >= 15 is 0 Å². The van der Waals surface area contributed by atoms with E-state index in [0.717, 1.165) is 30.1 Å². The number of carbonyl (C=O) groups excluding carboxylic acids is 1. The van der Waals surface area contributed by atoms with E-state index in [1.165, 1.54) is 0 Å². The summed E-state index contributed by atoms with van der Waals surface area (Å²) >= 11 is 5.93. The molecule has 6 heteroatoms. The van der Waals surface area contributed by atoms with Gasteiger partial charge in [0.15, 0.2) is 6.29 Å². The van der Waals surface area contributed by atoms with E-state index in [4.69, 9.17) is 21.1 Å². The van der Waals surface area contributed by atoms with Gasteiger partial charge < -0.3 is 19.7 Å². The Hall–Kier alpha value is -1.14. The molecule has 2 aliphatic rings. The smallest absolute Gasteiger partial charge is 0.227 e. The van der Waals surface area contributed by atoms with Crippen LogP contribution in [0.2, 0.25) is 5.02 Å². The average molecular weight is 325 g/mol. The predicted octanol–water partition coefficient (Wildman–Crippen LogP) is 1.97. The summed E-state index contributed by atoms with van der Waals surface area (Å²) in [4.78, 5) is 14.3. The van der Waals surface area contributed by atoms with E-state index < -0.39 is 0 Å². The monoisotopic (exact) mass is 324 g/mol. The molecule has 2 fully saturated rings. The normalized spacial score (nSPS) is 23.5. The second-order valence-electron chi connectivity index (χ2n) is 5.63. The molecule has 1 N–H and O–H groups in total. The molecule has 0 bridgehead atoms. The Balaban J connectivity index is 1.57. The van der Waals surface area contributed by atoms with Gasteiger partial charge in [0.05, 0.1) is 19.6 Å². The summed E-state index contributed by atoms with van der Waals surface area (Å²) in [5.41, 5.74) is 1.15. The molecule has 1 unspecified atom stereocenters. The van der Waals surface area contributed by atoms with E-state index in [-0.39, 0.29) is 18.2 Å². The minimum Gasteiger partial charge on any atom is -0.352 e. The van der Waals surface area contributed by atoms with Crippen molar-refractivity contribution in [3.8, 4) is 0 Å². The molecule has 0 radical (unpaired) electrons. The molecule has 0 saturated carbocycles. The van der Waals surface area contributed by atoms with Gasteiger partial charge >= 0.3 is 0 Å². The zero-order chi connectivity index (χ0) is 15.4. The molecule has 2 heterocycles. The molecule has 120 valence electrons. The molecule has 0 aliphatic carbocycles. The number of piperazine rings is 1. The summed E-state index contributed by atoms with van der Waals surface area (Å²) in [5, 5.41) is 4.17. The number of ether oxygens (including phenoxy) is 2. The van der Waals surface area contributed by atoms with Gasteiger partial charge in [-0.1, -0.05) is 23.7 Å². The fourth-order valence-corrected chi connectivity index (χ4v) is 2.95. The average Bonchev–Trinajstić information content (AvgIpc) is 2.56. The maximum atomic E-state index is 12.4. The molecule has 1 aromatic carbocycles. The van der Waals surface area contributed by atoms with Crippen molar-refractivity contribution < 1.29 is 14.3 Å². The van der Waals surface area contributed by atoms with Crippen molar-refractivity contribution >= 4 is 17.5 Å². The number of carbonyl (C=O) groups is 1. The molecule has 2 aliphatic heterocycles. The highest BCUT2D eigenvalue weighted by atomic mass is 35.5. The highest BCUT2D eigenvalue weighted by molar-refractivity contribution is 6.30. The van der Waals surface area contributed by atoms with Gasteiger partial charge in [-0.05, 0) is 24.1 Å². The molecule has 0 spiro atoms. The Labute approximate surface area is 135 Å². The number of hydrogen-bond acceptors (Lipinski definition) is 4. The van der Waals surface area contributed by atoms with Crippen molar-refractivity contribution in [1.82, 2.24) is 10.2 Å². The summed E-state index contributed by atoms with van der Waals surface area (Å²) in [6, 6.07) is 7.90. The highest BCUT2D eigenvalue weighted by Crippen LogP contribution is 2.20. The zero-order valence-electron chi connectivity index (χ0n) is 12.5. The number of nitrogens with one attached hydrogen (secondary N) is 1. The Morgan fingerprint density at radius 3 is 2.73 bits per heavy atom. The van der Waals surface area contributed by atoms with E-state index in [2.05, 4.69) is 5.32 Å². The second-order valence-corrected chi connectivity index (χ2v) is 6.06. The lowest BCUT2D eigenvalue weighted by atomic mass is 10.0. The standard InChI is InChI=1S/C16H21ClN2O3/c17-13-4-2-12(3-5-13)14-11-19(7-6-18-14)15(20)10-16-21-8-1-9-22-16/h2-5,14,16,18H,1,6-11H2. The van der Waals surface area contributed by atoms with Crippen molar-refractivity contribution in [2.24, 2.45) is 0 Å². The first-order valence-electron chi connectivity index (χ1n) is 7.72. The summed E-state index contributed by atoms with van der Waals surface area (Å²) in [6.07, 6.45) is 0.815. The molecule has 22 heavy (non-hydrogen) atoms. The maximum absolute atomic E-state index is 12.4. The maximum Gasteiger partial charge on any atom is 0.227 e. The summed E-state index contributed by atoms with van der Waals surface area (Å²) in [7, 11) is 0. The van der Waals surface area contributed by atoms with Crippen LogP contribution in [0.1, 0.15) is 24.4 Å². The highest BCUT2D eigenvalue weighted by Gasteiger charge is 2.27. The minimum atomic E-state index is -0.384. The first kappa shape index (κ1) is 15.7. The van der Waals surface area contributed by atoms with Crippen LogP contribution in [0.25, 0.3) is 0 Å². The van der Waals surface area contributed by atoms with E-state index in [1.807, 2.05) is 29.2 Å². The lowest BCUT2D eigenvalue weighted by molar-refractivity contribution is -0.187. The third kappa shape index (κ3) is 3.98. The van der Waals surface area contributed by atoms with Crippen LogP contribution in [0.15, 0.2) is 24.3 Å². The number of benzene rings is 1. The van der Waals surface area contributed by atoms with Crippen molar-refractivity contribution in [3.63, 3.8) is 0 Å². The fraction of sp³-hybridized carbons (Fsp3) is 0.562. The van der Waals surface area contributed by atoms with Crippen LogP contribution in [0.5, 0.6) is 0 Å². The summed E-state index contributed by atoms with van der Waals surface area (Å²) < 4.78 is 10.9. The van der Waals surface area contributed by atoms with Crippen molar-refractivity contribution in [2.75, 3.05) is 32.8 Å². The van der Waals surface area contributed by atoms with Crippen molar-refractivity contribution in [1.29, 1.82) is 0 Å². The topological polar surface area (TPSA) is 50.8 Å². The predicted molar refractivity (Wildman–Crippen MR) is 83.7 cm³/mol. The Morgan fingerprint density at radius 1 is 1.27 bits per heavy atom. The van der Waals surface area contributed by atoms with Crippen LogP contribution >= 0.6 is 11.6 Å². The van der Waals surface area contributed by atoms with Gasteiger partial charge in [-0.3, -0.25) is 4.79 Å². The Bertz CT molecular complexity index is 503.